The van der Waals surface area contributed by atoms with Crippen molar-refractivity contribution in [2.24, 2.45) is 0 Å². The van der Waals surface area contributed by atoms with Crippen molar-refractivity contribution < 1.29 is 0 Å². The number of benzene rings is 1. The van der Waals surface area contributed by atoms with Gasteiger partial charge in [0.1, 0.15) is 11.6 Å². The predicted molar refractivity (Wildman–Crippen MR) is 122 cm³/mol. The van der Waals surface area contributed by atoms with E-state index in [1.807, 2.05) is 18.2 Å². The third-order valence-corrected chi connectivity index (χ3v) is 8.04. The van der Waals surface area contributed by atoms with Gasteiger partial charge < -0.3 is 5.32 Å². The molecule has 1 saturated carbocycles. The Bertz CT molecular complexity index is 1210. The lowest BCUT2D eigenvalue weighted by molar-refractivity contribution is 0.338. The molecule has 0 radical (unpaired) electrons. The molecule has 6 heteroatoms. The second-order valence-electron chi connectivity index (χ2n) is 8.98. The van der Waals surface area contributed by atoms with Crippen LogP contribution in [0.3, 0.4) is 0 Å². The Morgan fingerprint density at radius 3 is 2.63 bits per heavy atom. The summed E-state index contributed by atoms with van der Waals surface area (Å²) in [4.78, 5) is 23.0. The van der Waals surface area contributed by atoms with Crippen LogP contribution in [0, 0.1) is 0 Å². The summed E-state index contributed by atoms with van der Waals surface area (Å²) in [5, 5.41) is 4.10. The number of hydrogen-bond donors (Lipinski definition) is 1. The second kappa shape index (κ2) is 6.99. The molecule has 30 heavy (non-hydrogen) atoms. The zero-order valence-electron chi connectivity index (χ0n) is 17.0. The van der Waals surface area contributed by atoms with Gasteiger partial charge in [0, 0.05) is 21.6 Å². The first-order valence-corrected chi connectivity index (χ1v) is 11.9. The van der Waals surface area contributed by atoms with Gasteiger partial charge in [-0.1, -0.05) is 31.4 Å². The van der Waals surface area contributed by atoms with Crippen molar-refractivity contribution in [1.29, 1.82) is 0 Å². The molecule has 0 unspecified atom stereocenters. The van der Waals surface area contributed by atoms with Crippen LogP contribution in [-0.4, -0.2) is 27.6 Å². The number of aromatic nitrogens is 3. The van der Waals surface area contributed by atoms with Crippen LogP contribution in [0.1, 0.15) is 67.9 Å². The van der Waals surface area contributed by atoms with Crippen molar-refractivity contribution in [3.05, 3.63) is 62.2 Å². The van der Waals surface area contributed by atoms with Gasteiger partial charge in [-0.25, -0.2) is 4.98 Å². The summed E-state index contributed by atoms with van der Waals surface area (Å²) >= 11 is 3.58. The van der Waals surface area contributed by atoms with E-state index in [0.29, 0.717) is 11.3 Å². The fraction of sp³-hybridized carbons (Fsp3) is 0.458. The lowest BCUT2D eigenvalue weighted by Gasteiger charge is -2.33. The van der Waals surface area contributed by atoms with Gasteiger partial charge in [0.15, 0.2) is 0 Å². The quantitative estimate of drug-likeness (QED) is 0.572. The van der Waals surface area contributed by atoms with Crippen molar-refractivity contribution in [2.45, 2.75) is 56.3 Å². The molecule has 6 rings (SSSR count). The molecule has 2 fully saturated rings. The van der Waals surface area contributed by atoms with Crippen molar-refractivity contribution >= 4 is 26.8 Å². The van der Waals surface area contributed by atoms with Crippen molar-refractivity contribution in [2.75, 3.05) is 13.1 Å². The fourth-order valence-electron chi connectivity index (χ4n) is 5.88. The van der Waals surface area contributed by atoms with Crippen LogP contribution >= 0.6 is 15.9 Å². The highest BCUT2D eigenvalue weighted by Gasteiger charge is 2.47. The monoisotopic (exact) mass is 464 g/mol. The Hall–Kier alpha value is -2.05. The van der Waals surface area contributed by atoms with Crippen LogP contribution < -0.4 is 10.9 Å². The van der Waals surface area contributed by atoms with E-state index in [1.165, 1.54) is 30.5 Å². The van der Waals surface area contributed by atoms with Crippen molar-refractivity contribution in [3.8, 4) is 5.82 Å². The van der Waals surface area contributed by atoms with Gasteiger partial charge in [0.25, 0.3) is 5.56 Å². The van der Waals surface area contributed by atoms with E-state index in [1.54, 1.807) is 0 Å². The predicted octanol–water partition coefficient (Wildman–Crippen LogP) is 4.57. The zero-order valence-corrected chi connectivity index (χ0v) is 18.5. The highest BCUT2D eigenvalue weighted by atomic mass is 79.9. The molecule has 1 aromatic carbocycles. The molecule has 1 saturated heterocycles. The molecule has 0 atom stereocenters. The van der Waals surface area contributed by atoms with Crippen LogP contribution in [0.2, 0.25) is 0 Å². The van der Waals surface area contributed by atoms with Gasteiger partial charge in [-0.15, -0.1) is 0 Å². The van der Waals surface area contributed by atoms with Crippen LogP contribution in [0.5, 0.6) is 0 Å². The lowest BCUT2D eigenvalue weighted by Crippen LogP contribution is -2.32. The summed E-state index contributed by atoms with van der Waals surface area (Å²) in [5.74, 6) is 2.40. The summed E-state index contributed by atoms with van der Waals surface area (Å²) < 4.78 is 3.00. The molecule has 0 bridgehead atoms. The fourth-order valence-corrected chi connectivity index (χ4v) is 6.41. The molecule has 2 aliphatic heterocycles. The highest BCUT2D eigenvalue weighted by molar-refractivity contribution is 9.10. The Labute approximate surface area is 184 Å². The normalized spacial score (nSPS) is 20.4. The summed E-state index contributed by atoms with van der Waals surface area (Å²) in [6.45, 7) is 2.10. The maximum Gasteiger partial charge on any atom is 0.281 e. The van der Waals surface area contributed by atoms with E-state index in [0.717, 1.165) is 60.4 Å². The standard InChI is InChI=1S/C24H25BrN4O/c25-17-5-4-6-19-20(17)22(30)28-23-24(11-2-1-3-12-24)16-7-8-18(27-21(16)29(19)23)15-9-13-26-14-10-15/h4-8,15,26H,1-3,9-14H2. The molecule has 1 spiro atoms. The number of nitrogens with zero attached hydrogens (tertiary/aromatic N) is 3. The smallest absolute Gasteiger partial charge is 0.281 e. The van der Waals surface area contributed by atoms with E-state index in [9.17, 15) is 4.79 Å². The van der Waals surface area contributed by atoms with Crippen LogP contribution in [-0.2, 0) is 5.41 Å². The van der Waals surface area contributed by atoms with Gasteiger partial charge in [-0.2, -0.15) is 4.98 Å². The minimum atomic E-state index is -0.178. The maximum atomic E-state index is 13.1. The number of piperidine rings is 1. The lowest BCUT2D eigenvalue weighted by atomic mass is 9.70. The van der Waals surface area contributed by atoms with Gasteiger partial charge in [-0.3, -0.25) is 9.36 Å². The number of rotatable bonds is 1. The topological polar surface area (TPSA) is 59.8 Å². The third kappa shape index (κ3) is 2.59. The summed E-state index contributed by atoms with van der Waals surface area (Å²) in [6.07, 6.45) is 7.92. The molecule has 154 valence electrons. The van der Waals surface area contributed by atoms with Crippen LogP contribution in [0.4, 0.5) is 0 Å². The molecule has 0 amide bonds. The zero-order chi connectivity index (χ0) is 20.3. The Balaban J connectivity index is 1.65. The first-order chi connectivity index (χ1) is 14.7. The molecule has 4 heterocycles. The SMILES string of the molecule is O=c1nc2n(c3cccc(Br)c13)-c1nc(C3CCNCC3)ccc1C21CCCCC1. The van der Waals surface area contributed by atoms with Gasteiger partial charge in [0.05, 0.1) is 16.3 Å². The summed E-state index contributed by atoms with van der Waals surface area (Å²) in [6, 6.07) is 10.5. The molecule has 3 aromatic rings. The van der Waals surface area contributed by atoms with Crippen LogP contribution in [0.25, 0.3) is 16.7 Å². The molecule has 5 nitrogen and oxygen atoms in total. The van der Waals surface area contributed by atoms with Gasteiger partial charge >= 0.3 is 0 Å². The Morgan fingerprint density at radius 1 is 1.03 bits per heavy atom. The number of hydrogen-bond acceptors (Lipinski definition) is 4. The number of pyridine rings is 1. The molecule has 1 N–H and O–H groups in total. The Kier molecular flexibility index (Phi) is 4.36. The molecule has 1 aliphatic carbocycles. The Morgan fingerprint density at radius 2 is 1.83 bits per heavy atom. The summed E-state index contributed by atoms with van der Waals surface area (Å²) in [5.41, 5.74) is 3.04. The minimum absolute atomic E-state index is 0.139. The third-order valence-electron chi connectivity index (χ3n) is 7.38. The number of fused-ring (bicyclic) bond motifs is 7. The van der Waals surface area contributed by atoms with E-state index >= 15 is 0 Å². The first kappa shape index (κ1) is 18.7. The highest BCUT2D eigenvalue weighted by Crippen LogP contribution is 2.51. The van der Waals surface area contributed by atoms with Crippen molar-refractivity contribution in [1.82, 2.24) is 19.9 Å². The molecular weight excluding hydrogens is 440 g/mol. The van der Waals surface area contributed by atoms with E-state index in [-0.39, 0.29) is 11.0 Å². The largest absolute Gasteiger partial charge is 0.317 e. The summed E-state index contributed by atoms with van der Waals surface area (Å²) in [7, 11) is 0. The molecule has 3 aliphatic rings. The molecule has 2 aromatic heterocycles. The van der Waals surface area contributed by atoms with E-state index in [2.05, 4.69) is 37.9 Å². The average Bonchev–Trinajstić information content (AvgIpc) is 3.04. The van der Waals surface area contributed by atoms with Gasteiger partial charge in [0.2, 0.25) is 0 Å². The van der Waals surface area contributed by atoms with Crippen molar-refractivity contribution in [3.63, 3.8) is 0 Å². The first-order valence-electron chi connectivity index (χ1n) is 11.1. The molecular formula is C24H25BrN4O. The number of halogens is 1. The average molecular weight is 465 g/mol. The number of nitrogens with one attached hydrogen (secondary N) is 1. The maximum absolute atomic E-state index is 13.1. The minimum Gasteiger partial charge on any atom is -0.317 e. The van der Waals surface area contributed by atoms with Gasteiger partial charge in [-0.05, 0) is 72.9 Å². The second-order valence-corrected chi connectivity index (χ2v) is 9.84. The van der Waals surface area contributed by atoms with Crippen LogP contribution in [0.15, 0.2) is 39.6 Å². The van der Waals surface area contributed by atoms with E-state index < -0.39 is 0 Å². The van der Waals surface area contributed by atoms with E-state index in [4.69, 9.17) is 9.97 Å².